The molecule has 2 amide bonds. The first-order valence-electron chi connectivity index (χ1n) is 11.7. The fourth-order valence-corrected chi connectivity index (χ4v) is 4.70. The molecular formula is C30H28N2O4S. The van der Waals surface area contributed by atoms with Gasteiger partial charge in [0.2, 0.25) is 5.91 Å². The lowest BCUT2D eigenvalue weighted by Crippen LogP contribution is -2.32. The maximum atomic E-state index is 13.5. The molecule has 0 aliphatic heterocycles. The van der Waals surface area contributed by atoms with Gasteiger partial charge in [0, 0.05) is 27.5 Å². The van der Waals surface area contributed by atoms with Crippen molar-refractivity contribution in [3.63, 3.8) is 0 Å². The van der Waals surface area contributed by atoms with Crippen molar-refractivity contribution in [2.75, 3.05) is 24.4 Å². The molecule has 0 aromatic heterocycles. The Morgan fingerprint density at radius 2 is 1.32 bits per heavy atom. The van der Waals surface area contributed by atoms with E-state index in [1.54, 1.807) is 30.2 Å². The first kappa shape index (κ1) is 25.9. The fraction of sp³-hybridized carbons (Fsp3) is 0.133. The predicted molar refractivity (Wildman–Crippen MR) is 149 cm³/mol. The van der Waals surface area contributed by atoms with Gasteiger partial charge in [0.05, 0.1) is 19.5 Å². The maximum absolute atomic E-state index is 13.5. The quantitative estimate of drug-likeness (QED) is 0.250. The van der Waals surface area contributed by atoms with Crippen LogP contribution in [0.5, 0.6) is 11.5 Å². The van der Waals surface area contributed by atoms with Crippen LogP contribution in [0.1, 0.15) is 17.3 Å². The number of hydrogen-bond donors (Lipinski definition) is 1. The number of amides is 2. The summed E-state index contributed by atoms with van der Waals surface area (Å²) in [6, 6.07) is 31.7. The number of anilines is 3. The molecule has 0 bridgehead atoms. The molecule has 1 unspecified atom stereocenters. The summed E-state index contributed by atoms with van der Waals surface area (Å²) < 4.78 is 10.5. The van der Waals surface area contributed by atoms with Crippen LogP contribution in [0.15, 0.2) is 108 Å². The highest BCUT2D eigenvalue weighted by molar-refractivity contribution is 8.00. The van der Waals surface area contributed by atoms with Crippen molar-refractivity contribution >= 4 is 40.6 Å². The lowest BCUT2D eigenvalue weighted by atomic mass is 10.2. The van der Waals surface area contributed by atoms with Gasteiger partial charge in [-0.2, -0.15) is 0 Å². The summed E-state index contributed by atoms with van der Waals surface area (Å²) in [5, 5.41) is 2.55. The van der Waals surface area contributed by atoms with Crippen LogP contribution in [0, 0.1) is 0 Å². The topological polar surface area (TPSA) is 67.9 Å². The van der Waals surface area contributed by atoms with E-state index < -0.39 is 0 Å². The maximum Gasteiger partial charge on any atom is 0.255 e. The van der Waals surface area contributed by atoms with Crippen molar-refractivity contribution < 1.29 is 19.1 Å². The van der Waals surface area contributed by atoms with Crippen LogP contribution in [0.25, 0.3) is 0 Å². The molecule has 1 N–H and O–H groups in total. The number of benzene rings is 4. The highest BCUT2D eigenvalue weighted by Crippen LogP contribution is 2.32. The lowest BCUT2D eigenvalue weighted by molar-refractivity contribution is -0.117. The number of para-hydroxylation sites is 2. The van der Waals surface area contributed by atoms with Crippen LogP contribution in [0.4, 0.5) is 17.1 Å². The van der Waals surface area contributed by atoms with E-state index in [-0.39, 0.29) is 17.1 Å². The molecule has 1 atom stereocenters. The van der Waals surface area contributed by atoms with E-state index in [0.29, 0.717) is 22.7 Å². The Morgan fingerprint density at radius 3 is 1.86 bits per heavy atom. The van der Waals surface area contributed by atoms with Crippen LogP contribution < -0.4 is 19.7 Å². The molecule has 6 nitrogen and oxygen atoms in total. The van der Waals surface area contributed by atoms with Crippen LogP contribution in [0.3, 0.4) is 0 Å². The normalized spacial score (nSPS) is 11.3. The molecule has 0 fully saturated rings. The Kier molecular flexibility index (Phi) is 8.48. The molecule has 4 aromatic rings. The molecule has 0 aliphatic rings. The number of rotatable bonds is 9. The van der Waals surface area contributed by atoms with E-state index in [4.69, 9.17) is 9.47 Å². The van der Waals surface area contributed by atoms with Crippen molar-refractivity contribution in [3.05, 3.63) is 109 Å². The molecule has 188 valence electrons. The number of nitrogens with one attached hydrogen (secondary N) is 1. The molecule has 7 heteroatoms. The zero-order valence-corrected chi connectivity index (χ0v) is 21.7. The Bertz CT molecular complexity index is 1310. The molecule has 0 saturated heterocycles. The second-order valence-electron chi connectivity index (χ2n) is 8.15. The minimum absolute atomic E-state index is 0.0202. The van der Waals surface area contributed by atoms with Gasteiger partial charge >= 0.3 is 0 Å². The molecule has 0 saturated carbocycles. The molecule has 37 heavy (non-hydrogen) atoms. The van der Waals surface area contributed by atoms with Gasteiger partial charge < -0.3 is 14.8 Å². The number of thioether (sulfide) groups is 1. The van der Waals surface area contributed by atoms with E-state index in [2.05, 4.69) is 5.32 Å². The average molecular weight is 513 g/mol. The van der Waals surface area contributed by atoms with Crippen molar-refractivity contribution in [2.45, 2.75) is 17.1 Å². The van der Waals surface area contributed by atoms with Crippen molar-refractivity contribution in [1.29, 1.82) is 0 Å². The molecule has 4 rings (SSSR count). The Hall–Kier alpha value is -4.23. The summed E-state index contributed by atoms with van der Waals surface area (Å²) in [7, 11) is 3.08. The highest BCUT2D eigenvalue weighted by atomic mass is 32.2. The lowest BCUT2D eigenvalue weighted by Gasteiger charge is -2.26. The molecule has 0 aliphatic carbocycles. The number of carbonyl (C=O) groups excluding carboxylic acids is 2. The summed E-state index contributed by atoms with van der Waals surface area (Å²) in [5.41, 5.74) is 2.74. The molecule has 0 spiro atoms. The van der Waals surface area contributed by atoms with Crippen LogP contribution >= 0.6 is 11.8 Å². The van der Waals surface area contributed by atoms with Gasteiger partial charge in [-0.15, -0.1) is 11.8 Å². The van der Waals surface area contributed by atoms with Gasteiger partial charge in [-0.3, -0.25) is 14.5 Å². The van der Waals surface area contributed by atoms with E-state index in [1.807, 2.05) is 91.9 Å². The number of ether oxygens (including phenoxy) is 2. The third-order valence-corrected chi connectivity index (χ3v) is 6.77. The van der Waals surface area contributed by atoms with Gasteiger partial charge in [-0.05, 0) is 73.7 Å². The summed E-state index contributed by atoms with van der Waals surface area (Å²) >= 11 is 1.47. The SMILES string of the molecule is COc1ccc(C(=O)Nc2ccc(SC(C)C(=O)N(c3ccccc3)c3ccccc3)cc2)cc1OC. The zero-order chi connectivity index (χ0) is 26.2. The summed E-state index contributed by atoms with van der Waals surface area (Å²) in [6.45, 7) is 1.90. The first-order chi connectivity index (χ1) is 18.0. The molecular weight excluding hydrogens is 484 g/mol. The van der Waals surface area contributed by atoms with Crippen LogP contribution in [0.2, 0.25) is 0 Å². The average Bonchev–Trinajstić information content (AvgIpc) is 2.94. The first-order valence-corrected chi connectivity index (χ1v) is 12.6. The van der Waals surface area contributed by atoms with Crippen molar-refractivity contribution in [3.8, 4) is 11.5 Å². The van der Waals surface area contributed by atoms with Gasteiger partial charge in [-0.1, -0.05) is 36.4 Å². The van der Waals surface area contributed by atoms with Crippen LogP contribution in [-0.2, 0) is 4.79 Å². The predicted octanol–water partition coefficient (Wildman–Crippen LogP) is 6.80. The minimum Gasteiger partial charge on any atom is -0.493 e. The second-order valence-corrected chi connectivity index (χ2v) is 9.57. The summed E-state index contributed by atoms with van der Waals surface area (Å²) in [4.78, 5) is 28.9. The van der Waals surface area contributed by atoms with Gasteiger partial charge in [0.15, 0.2) is 11.5 Å². The Morgan fingerprint density at radius 1 is 0.757 bits per heavy atom. The van der Waals surface area contributed by atoms with E-state index in [1.165, 1.54) is 18.9 Å². The summed E-state index contributed by atoms with van der Waals surface area (Å²) in [5.74, 6) is 0.766. The zero-order valence-electron chi connectivity index (χ0n) is 20.9. The van der Waals surface area contributed by atoms with Gasteiger partial charge in [-0.25, -0.2) is 0 Å². The van der Waals surface area contributed by atoms with Crippen molar-refractivity contribution in [2.24, 2.45) is 0 Å². The third kappa shape index (κ3) is 6.32. The Labute approximate surface area is 221 Å². The molecule has 0 radical (unpaired) electrons. The third-order valence-electron chi connectivity index (χ3n) is 5.67. The monoisotopic (exact) mass is 512 g/mol. The smallest absolute Gasteiger partial charge is 0.255 e. The number of hydrogen-bond acceptors (Lipinski definition) is 5. The molecule has 4 aromatic carbocycles. The largest absolute Gasteiger partial charge is 0.493 e. The fourth-order valence-electron chi connectivity index (χ4n) is 3.79. The van der Waals surface area contributed by atoms with E-state index in [9.17, 15) is 9.59 Å². The molecule has 0 heterocycles. The standard InChI is InChI=1S/C30H28N2O4S/c1-21(30(34)32(24-10-6-4-7-11-24)25-12-8-5-9-13-25)37-26-17-15-23(16-18-26)31-29(33)22-14-19-27(35-2)28(20-22)36-3/h4-21H,1-3H3,(H,31,33). The summed E-state index contributed by atoms with van der Waals surface area (Å²) in [6.07, 6.45) is 0. The van der Waals surface area contributed by atoms with Crippen molar-refractivity contribution in [1.82, 2.24) is 0 Å². The van der Waals surface area contributed by atoms with E-state index in [0.717, 1.165) is 16.3 Å². The van der Waals surface area contributed by atoms with Gasteiger partial charge in [0.25, 0.3) is 5.91 Å². The number of methoxy groups -OCH3 is 2. The number of carbonyl (C=O) groups is 2. The second kappa shape index (κ2) is 12.1. The highest BCUT2D eigenvalue weighted by Gasteiger charge is 2.24. The van der Waals surface area contributed by atoms with Crippen LogP contribution in [-0.4, -0.2) is 31.3 Å². The van der Waals surface area contributed by atoms with Gasteiger partial charge in [0.1, 0.15) is 0 Å². The van der Waals surface area contributed by atoms with E-state index >= 15 is 0 Å². The minimum atomic E-state index is -0.340. The number of nitrogens with zero attached hydrogens (tertiary/aromatic N) is 1. The Balaban J connectivity index is 1.44.